The number of carbonyl (C=O) groups is 1. The lowest BCUT2D eigenvalue weighted by Gasteiger charge is -2.11. The number of rotatable bonds is 6. The molecule has 6 heteroatoms. The normalized spacial score (nSPS) is 14.3. The van der Waals surface area contributed by atoms with Crippen molar-refractivity contribution in [1.82, 2.24) is 5.16 Å². The topological polar surface area (TPSA) is 43.1 Å². The number of carbonyl (C=O) groups excluding carboxylic acids is 1. The van der Waals surface area contributed by atoms with Crippen LogP contribution in [0.2, 0.25) is 10.0 Å². The van der Waals surface area contributed by atoms with Gasteiger partial charge in [-0.05, 0) is 36.3 Å². The van der Waals surface area contributed by atoms with Crippen molar-refractivity contribution < 1.29 is 9.32 Å². The summed E-state index contributed by atoms with van der Waals surface area (Å²) in [5, 5.41) is 4.73. The summed E-state index contributed by atoms with van der Waals surface area (Å²) < 4.78 is 5.27. The van der Waals surface area contributed by atoms with E-state index in [0.717, 1.165) is 24.2 Å². The van der Waals surface area contributed by atoms with Crippen LogP contribution in [0, 0.1) is 0 Å². The highest BCUT2D eigenvalue weighted by atomic mass is 35.5. The maximum absolute atomic E-state index is 12.9. The van der Waals surface area contributed by atoms with Crippen LogP contribution in [0.5, 0.6) is 0 Å². The van der Waals surface area contributed by atoms with Crippen LogP contribution in [0.1, 0.15) is 52.9 Å². The highest BCUT2D eigenvalue weighted by Crippen LogP contribution is 2.42. The van der Waals surface area contributed by atoms with E-state index in [9.17, 15) is 4.79 Å². The van der Waals surface area contributed by atoms with Crippen molar-refractivity contribution in [3.8, 4) is 0 Å². The Bertz CT molecular complexity index is 710. The molecular formula is C16H15Cl2NO2S. The quantitative estimate of drug-likeness (QED) is 0.655. The molecule has 0 N–H and O–H groups in total. The number of hydrogen-bond acceptors (Lipinski definition) is 4. The van der Waals surface area contributed by atoms with Gasteiger partial charge in [-0.15, -0.1) is 0 Å². The molecule has 22 heavy (non-hydrogen) atoms. The Morgan fingerprint density at radius 1 is 1.36 bits per heavy atom. The van der Waals surface area contributed by atoms with Gasteiger partial charge < -0.3 is 4.52 Å². The highest BCUT2D eigenvalue weighted by Gasteiger charge is 2.33. The van der Waals surface area contributed by atoms with Gasteiger partial charge in [0.2, 0.25) is 0 Å². The van der Waals surface area contributed by atoms with Gasteiger partial charge in [-0.1, -0.05) is 35.3 Å². The molecule has 0 radical (unpaired) electrons. The maximum Gasteiger partial charge on any atom is 0.198 e. The zero-order chi connectivity index (χ0) is 15.7. The maximum atomic E-state index is 12.9. The van der Waals surface area contributed by atoms with Gasteiger partial charge in [0.1, 0.15) is 0 Å². The van der Waals surface area contributed by atoms with Gasteiger partial charge in [-0.25, -0.2) is 0 Å². The standard InChI is InChI=1S/C16H15Cl2NO2S/c1-2-22-8-12-10(5-6-13(17)14(12)18)15(20)11-7-19-21-16(11)9-3-4-9/h5-7,9H,2-4,8H2,1H3. The third-order valence-corrected chi connectivity index (χ3v) is 5.43. The molecule has 1 aromatic heterocycles. The lowest BCUT2D eigenvalue weighted by molar-refractivity contribution is 0.103. The van der Waals surface area contributed by atoms with E-state index >= 15 is 0 Å². The van der Waals surface area contributed by atoms with E-state index in [0.29, 0.717) is 38.6 Å². The molecule has 116 valence electrons. The van der Waals surface area contributed by atoms with Gasteiger partial charge in [-0.3, -0.25) is 4.79 Å². The molecule has 2 aromatic rings. The minimum Gasteiger partial charge on any atom is -0.360 e. The first-order valence-electron chi connectivity index (χ1n) is 7.17. The van der Waals surface area contributed by atoms with Crippen molar-refractivity contribution in [2.24, 2.45) is 0 Å². The van der Waals surface area contributed by atoms with Gasteiger partial charge in [0.05, 0.1) is 21.8 Å². The van der Waals surface area contributed by atoms with E-state index in [1.165, 1.54) is 6.20 Å². The predicted octanol–water partition coefficient (Wildman–Crippen LogP) is 5.34. The number of ketones is 1. The number of nitrogens with zero attached hydrogens (tertiary/aromatic N) is 1. The summed E-state index contributed by atoms with van der Waals surface area (Å²) in [5.41, 5.74) is 1.91. The molecule has 0 spiro atoms. The molecule has 1 aromatic carbocycles. The Morgan fingerprint density at radius 3 is 2.82 bits per heavy atom. The van der Waals surface area contributed by atoms with Crippen LogP contribution in [0.15, 0.2) is 22.9 Å². The van der Waals surface area contributed by atoms with Crippen LogP contribution >= 0.6 is 35.0 Å². The third kappa shape index (κ3) is 3.05. The van der Waals surface area contributed by atoms with Gasteiger partial charge in [-0.2, -0.15) is 11.8 Å². The molecule has 1 fully saturated rings. The fourth-order valence-electron chi connectivity index (χ4n) is 2.35. The molecule has 0 atom stereocenters. The van der Waals surface area contributed by atoms with Crippen LogP contribution in [0.3, 0.4) is 0 Å². The zero-order valence-electron chi connectivity index (χ0n) is 12.1. The second kappa shape index (κ2) is 6.65. The van der Waals surface area contributed by atoms with Crippen molar-refractivity contribution in [1.29, 1.82) is 0 Å². The van der Waals surface area contributed by atoms with E-state index in [1.54, 1.807) is 23.9 Å². The number of hydrogen-bond donors (Lipinski definition) is 0. The molecule has 3 rings (SSSR count). The number of halogens is 2. The Kier molecular flexibility index (Phi) is 4.81. The molecule has 1 aliphatic rings. The first-order valence-corrected chi connectivity index (χ1v) is 9.08. The van der Waals surface area contributed by atoms with Crippen molar-refractivity contribution in [3.63, 3.8) is 0 Å². The predicted molar refractivity (Wildman–Crippen MR) is 90.2 cm³/mol. The highest BCUT2D eigenvalue weighted by molar-refractivity contribution is 7.98. The largest absolute Gasteiger partial charge is 0.360 e. The SMILES string of the molecule is CCSCc1c(C(=O)c2cnoc2C2CC2)ccc(Cl)c1Cl. The van der Waals surface area contributed by atoms with Gasteiger partial charge in [0.25, 0.3) is 0 Å². The second-order valence-electron chi connectivity index (χ2n) is 5.23. The Hall–Kier alpha value is -0.970. The zero-order valence-corrected chi connectivity index (χ0v) is 14.4. The van der Waals surface area contributed by atoms with E-state index < -0.39 is 0 Å². The first-order chi connectivity index (χ1) is 10.6. The Labute approximate surface area is 143 Å². The second-order valence-corrected chi connectivity index (χ2v) is 7.29. The molecule has 0 bridgehead atoms. The van der Waals surface area contributed by atoms with Crippen LogP contribution in [0.25, 0.3) is 0 Å². The summed E-state index contributed by atoms with van der Waals surface area (Å²) in [7, 11) is 0. The van der Waals surface area contributed by atoms with Crippen molar-refractivity contribution in [2.75, 3.05) is 5.75 Å². The number of thioether (sulfide) groups is 1. The van der Waals surface area contributed by atoms with Crippen LogP contribution in [-0.4, -0.2) is 16.7 Å². The lowest BCUT2D eigenvalue weighted by Crippen LogP contribution is -2.07. The van der Waals surface area contributed by atoms with Crippen molar-refractivity contribution >= 4 is 40.7 Å². The molecule has 0 amide bonds. The minimum absolute atomic E-state index is 0.0894. The molecule has 3 nitrogen and oxygen atoms in total. The molecule has 1 saturated carbocycles. The van der Waals surface area contributed by atoms with E-state index in [2.05, 4.69) is 12.1 Å². The molecule has 1 aliphatic carbocycles. The summed E-state index contributed by atoms with van der Waals surface area (Å²) in [6, 6.07) is 3.41. The van der Waals surface area contributed by atoms with Crippen LogP contribution < -0.4 is 0 Å². The van der Waals surface area contributed by atoms with Crippen LogP contribution in [0.4, 0.5) is 0 Å². The number of benzene rings is 1. The summed E-state index contributed by atoms with van der Waals surface area (Å²) in [6.07, 6.45) is 3.61. The van der Waals surface area contributed by atoms with Crippen LogP contribution in [-0.2, 0) is 5.75 Å². The lowest BCUT2D eigenvalue weighted by atomic mass is 9.98. The number of aromatic nitrogens is 1. The Morgan fingerprint density at radius 2 is 2.14 bits per heavy atom. The van der Waals surface area contributed by atoms with Gasteiger partial charge in [0.15, 0.2) is 11.5 Å². The average molecular weight is 356 g/mol. The molecular weight excluding hydrogens is 341 g/mol. The summed E-state index contributed by atoms with van der Waals surface area (Å²) in [4.78, 5) is 12.9. The smallest absolute Gasteiger partial charge is 0.198 e. The molecule has 0 saturated heterocycles. The third-order valence-electron chi connectivity index (χ3n) is 3.68. The monoisotopic (exact) mass is 355 g/mol. The summed E-state index contributed by atoms with van der Waals surface area (Å²) in [5.74, 6) is 2.54. The Balaban J connectivity index is 2.01. The van der Waals surface area contributed by atoms with Gasteiger partial charge in [0, 0.05) is 17.2 Å². The fraction of sp³-hybridized carbons (Fsp3) is 0.375. The summed E-state index contributed by atoms with van der Waals surface area (Å²) in [6.45, 7) is 2.07. The average Bonchev–Trinajstić information content (AvgIpc) is 3.25. The fourth-order valence-corrected chi connectivity index (χ4v) is 3.55. The minimum atomic E-state index is -0.0894. The summed E-state index contributed by atoms with van der Waals surface area (Å²) >= 11 is 14.1. The molecule has 1 heterocycles. The van der Waals surface area contributed by atoms with Gasteiger partial charge >= 0.3 is 0 Å². The van der Waals surface area contributed by atoms with Crippen molar-refractivity contribution in [2.45, 2.75) is 31.4 Å². The van der Waals surface area contributed by atoms with E-state index in [1.807, 2.05) is 0 Å². The van der Waals surface area contributed by atoms with E-state index in [-0.39, 0.29) is 5.78 Å². The molecule has 0 aliphatic heterocycles. The molecule has 0 unspecified atom stereocenters. The first kappa shape index (κ1) is 15.9. The van der Waals surface area contributed by atoms with Crippen molar-refractivity contribution in [3.05, 3.63) is 50.8 Å². The van der Waals surface area contributed by atoms with E-state index in [4.69, 9.17) is 27.7 Å².